The summed E-state index contributed by atoms with van der Waals surface area (Å²) in [5.74, 6) is -0.500. The smallest absolute Gasteiger partial charge is 0.347 e. The fourth-order valence-electron chi connectivity index (χ4n) is 3.63. The summed E-state index contributed by atoms with van der Waals surface area (Å²) in [5, 5.41) is 10.7. The van der Waals surface area contributed by atoms with Crippen LogP contribution in [-0.4, -0.2) is 22.1 Å². The number of ether oxygens (including phenoxy) is 1. The summed E-state index contributed by atoms with van der Waals surface area (Å²) in [5.41, 5.74) is 0.545. The van der Waals surface area contributed by atoms with E-state index < -0.39 is 11.5 Å². The zero-order valence-electron chi connectivity index (χ0n) is 14.0. The molecule has 0 saturated heterocycles. The van der Waals surface area contributed by atoms with Crippen LogP contribution in [0.1, 0.15) is 54.9 Å². The quantitative estimate of drug-likeness (QED) is 0.874. The van der Waals surface area contributed by atoms with Crippen molar-refractivity contribution in [2.45, 2.75) is 45.4 Å². The first-order chi connectivity index (χ1) is 11.6. The van der Waals surface area contributed by atoms with Crippen molar-refractivity contribution in [3.05, 3.63) is 45.9 Å². The number of pyridine rings is 2. The minimum Gasteiger partial charge on any atom is -0.506 e. The highest BCUT2D eigenvalue weighted by atomic mass is 16.5. The lowest BCUT2D eigenvalue weighted by molar-refractivity contribution is 0.0520. The average molecular weight is 329 g/mol. The van der Waals surface area contributed by atoms with Crippen LogP contribution in [0.25, 0.3) is 5.52 Å². The molecule has 0 atom stereocenters. The first-order valence-electron chi connectivity index (χ1n) is 8.65. The Hall–Kier alpha value is -2.30. The van der Waals surface area contributed by atoms with E-state index in [9.17, 15) is 14.7 Å². The van der Waals surface area contributed by atoms with Crippen LogP contribution in [0.3, 0.4) is 0 Å². The molecular weight excluding hydrogens is 306 g/mol. The van der Waals surface area contributed by atoms with Gasteiger partial charge in [0.2, 0.25) is 0 Å². The second-order valence-electron chi connectivity index (χ2n) is 6.39. The lowest BCUT2D eigenvalue weighted by Crippen LogP contribution is -2.25. The highest BCUT2D eigenvalue weighted by Crippen LogP contribution is 2.33. The maximum Gasteiger partial charge on any atom is 0.347 e. The summed E-state index contributed by atoms with van der Waals surface area (Å²) in [4.78, 5) is 24.8. The monoisotopic (exact) mass is 329 g/mol. The number of carbonyl (C=O) groups is 1. The molecule has 0 amide bonds. The number of fused-ring (bicyclic) bond motifs is 1. The molecule has 3 rings (SSSR count). The van der Waals surface area contributed by atoms with E-state index in [1.54, 1.807) is 19.2 Å². The zero-order chi connectivity index (χ0) is 17.1. The molecule has 1 saturated carbocycles. The van der Waals surface area contributed by atoms with Crippen LogP contribution in [0, 0.1) is 5.92 Å². The number of esters is 1. The van der Waals surface area contributed by atoms with Crippen LogP contribution in [-0.2, 0) is 11.2 Å². The minimum atomic E-state index is -0.761. The first-order valence-corrected chi connectivity index (χ1v) is 8.65. The lowest BCUT2D eigenvalue weighted by Gasteiger charge is -2.23. The highest BCUT2D eigenvalue weighted by Gasteiger charge is 2.26. The second-order valence-corrected chi connectivity index (χ2v) is 6.39. The van der Waals surface area contributed by atoms with Crippen molar-refractivity contribution >= 4 is 11.5 Å². The van der Waals surface area contributed by atoms with Crippen molar-refractivity contribution < 1.29 is 14.6 Å². The van der Waals surface area contributed by atoms with Gasteiger partial charge in [0.15, 0.2) is 5.56 Å². The largest absolute Gasteiger partial charge is 0.506 e. The van der Waals surface area contributed by atoms with Crippen LogP contribution < -0.4 is 5.56 Å². The number of rotatable bonds is 4. The Labute approximate surface area is 140 Å². The summed E-state index contributed by atoms with van der Waals surface area (Å²) >= 11 is 0. The van der Waals surface area contributed by atoms with Crippen LogP contribution in [0.15, 0.2) is 29.2 Å². The van der Waals surface area contributed by atoms with Gasteiger partial charge in [0.25, 0.3) is 5.56 Å². The maximum absolute atomic E-state index is 12.6. The van der Waals surface area contributed by atoms with Crippen LogP contribution in [0.4, 0.5) is 0 Å². The molecule has 5 nitrogen and oxygen atoms in total. The number of carbonyl (C=O) groups excluding carboxylic acids is 1. The Bertz CT molecular complexity index is 803. The SMILES string of the molecule is CCOC(=O)c1c(O)c(CC2CCCCC2)c2ccccn2c1=O. The fraction of sp³-hybridized carbons (Fsp3) is 0.474. The maximum atomic E-state index is 12.6. The molecule has 0 aliphatic heterocycles. The molecule has 1 fully saturated rings. The van der Waals surface area contributed by atoms with E-state index in [2.05, 4.69) is 0 Å². The molecule has 0 aromatic carbocycles. The predicted molar refractivity (Wildman–Crippen MR) is 91.6 cm³/mol. The topological polar surface area (TPSA) is 68.0 Å². The van der Waals surface area contributed by atoms with E-state index in [1.165, 1.54) is 23.7 Å². The van der Waals surface area contributed by atoms with Crippen LogP contribution in [0.5, 0.6) is 5.75 Å². The fourth-order valence-corrected chi connectivity index (χ4v) is 3.63. The van der Waals surface area contributed by atoms with E-state index in [1.807, 2.05) is 12.1 Å². The first kappa shape index (κ1) is 16.6. The molecule has 128 valence electrons. The molecule has 0 spiro atoms. The van der Waals surface area contributed by atoms with Gasteiger partial charge in [-0.25, -0.2) is 4.79 Å². The van der Waals surface area contributed by atoms with Crippen molar-refractivity contribution in [3.63, 3.8) is 0 Å². The molecule has 0 unspecified atom stereocenters. The van der Waals surface area contributed by atoms with E-state index >= 15 is 0 Å². The molecule has 5 heteroatoms. The molecule has 2 aromatic heterocycles. The lowest BCUT2D eigenvalue weighted by atomic mass is 9.84. The van der Waals surface area contributed by atoms with E-state index in [-0.39, 0.29) is 17.9 Å². The number of nitrogens with zero attached hydrogens (tertiary/aromatic N) is 1. The van der Waals surface area contributed by atoms with Crippen molar-refractivity contribution in [1.82, 2.24) is 4.40 Å². The second kappa shape index (κ2) is 7.07. The Morgan fingerprint density at radius 3 is 2.75 bits per heavy atom. The van der Waals surface area contributed by atoms with Gasteiger partial charge in [-0.3, -0.25) is 9.20 Å². The summed E-state index contributed by atoms with van der Waals surface area (Å²) in [7, 11) is 0. The Morgan fingerprint density at radius 1 is 1.29 bits per heavy atom. The van der Waals surface area contributed by atoms with Crippen molar-refractivity contribution in [1.29, 1.82) is 0 Å². The highest BCUT2D eigenvalue weighted by molar-refractivity contribution is 5.93. The molecule has 1 aliphatic carbocycles. The zero-order valence-corrected chi connectivity index (χ0v) is 14.0. The van der Waals surface area contributed by atoms with Gasteiger partial charge in [-0.05, 0) is 31.4 Å². The van der Waals surface area contributed by atoms with Gasteiger partial charge in [0, 0.05) is 11.8 Å². The average Bonchev–Trinajstić information content (AvgIpc) is 2.60. The normalized spacial score (nSPS) is 15.5. The van der Waals surface area contributed by atoms with E-state index in [4.69, 9.17) is 4.74 Å². The van der Waals surface area contributed by atoms with Gasteiger partial charge in [0.05, 0.1) is 12.1 Å². The van der Waals surface area contributed by atoms with Gasteiger partial charge < -0.3 is 9.84 Å². The Morgan fingerprint density at radius 2 is 2.04 bits per heavy atom. The molecule has 24 heavy (non-hydrogen) atoms. The van der Waals surface area contributed by atoms with Gasteiger partial charge in [-0.15, -0.1) is 0 Å². The van der Waals surface area contributed by atoms with Crippen molar-refractivity contribution in [3.8, 4) is 5.75 Å². The van der Waals surface area contributed by atoms with Crippen LogP contribution >= 0.6 is 0 Å². The molecule has 1 N–H and O–H groups in total. The summed E-state index contributed by atoms with van der Waals surface area (Å²) in [6, 6.07) is 5.39. The number of aromatic hydroxyl groups is 1. The van der Waals surface area contributed by atoms with Crippen molar-refractivity contribution in [2.75, 3.05) is 6.61 Å². The van der Waals surface area contributed by atoms with Crippen LogP contribution in [0.2, 0.25) is 0 Å². The summed E-state index contributed by atoms with van der Waals surface area (Å²) < 4.78 is 6.41. The predicted octanol–water partition coefficient (Wildman–Crippen LogP) is 3.30. The molecule has 0 bridgehead atoms. The number of hydrogen-bond acceptors (Lipinski definition) is 4. The molecule has 0 radical (unpaired) electrons. The van der Waals surface area contributed by atoms with Gasteiger partial charge in [0.1, 0.15) is 5.75 Å². The molecule has 2 heterocycles. The molecule has 2 aromatic rings. The minimum absolute atomic E-state index is 0.160. The number of hydrogen-bond donors (Lipinski definition) is 1. The van der Waals surface area contributed by atoms with E-state index in [0.717, 1.165) is 12.8 Å². The molecule has 1 aliphatic rings. The standard InChI is InChI=1S/C19H23NO4/c1-2-24-19(23)16-17(21)14(12-13-8-4-3-5-9-13)15-10-6-7-11-20(15)18(16)22/h6-7,10-11,13,21H,2-5,8-9,12H2,1H3. The van der Waals surface area contributed by atoms with E-state index in [0.29, 0.717) is 23.4 Å². The van der Waals surface area contributed by atoms with Gasteiger partial charge in [-0.2, -0.15) is 0 Å². The van der Waals surface area contributed by atoms with Gasteiger partial charge >= 0.3 is 5.97 Å². The Kier molecular flexibility index (Phi) is 4.88. The summed E-state index contributed by atoms with van der Waals surface area (Å²) in [6.45, 7) is 1.84. The summed E-state index contributed by atoms with van der Waals surface area (Å²) in [6.07, 6.45) is 8.18. The third-order valence-electron chi connectivity index (χ3n) is 4.82. The number of aromatic nitrogens is 1. The Balaban J connectivity index is 2.15. The third-order valence-corrected chi connectivity index (χ3v) is 4.82. The van der Waals surface area contributed by atoms with Crippen molar-refractivity contribution in [2.24, 2.45) is 5.92 Å². The van der Waals surface area contributed by atoms with Gasteiger partial charge in [-0.1, -0.05) is 38.2 Å². The molecular formula is C19H23NO4. The third kappa shape index (κ3) is 3.03.